The van der Waals surface area contributed by atoms with Gasteiger partial charge in [-0.05, 0) is 64.7 Å². The molecule has 5 amide bonds. The fourth-order valence-corrected chi connectivity index (χ4v) is 5.85. The predicted octanol–water partition coefficient (Wildman–Crippen LogP) is 4.52. The molecular formula is C43H47N5O6S. The third-order valence-corrected chi connectivity index (χ3v) is 9.15. The number of amides is 5. The molecule has 0 radical (unpaired) electrons. The van der Waals surface area contributed by atoms with Crippen molar-refractivity contribution in [2.75, 3.05) is 19.7 Å². The van der Waals surface area contributed by atoms with Gasteiger partial charge < -0.3 is 31.7 Å². The lowest BCUT2D eigenvalue weighted by atomic mass is 10.00. The van der Waals surface area contributed by atoms with Crippen LogP contribution in [0.2, 0.25) is 0 Å². The van der Waals surface area contributed by atoms with E-state index in [4.69, 9.17) is 10.5 Å². The number of fused-ring (bicyclic) bond motifs is 16. The zero-order valence-electron chi connectivity index (χ0n) is 31.0. The van der Waals surface area contributed by atoms with E-state index in [0.29, 0.717) is 11.3 Å². The first-order chi connectivity index (χ1) is 26.6. The fourth-order valence-electron chi connectivity index (χ4n) is 5.32. The molecule has 4 aromatic carbocycles. The second kappa shape index (κ2) is 22.1. The van der Waals surface area contributed by atoms with E-state index in [9.17, 15) is 24.0 Å². The highest BCUT2D eigenvalue weighted by Crippen LogP contribution is 2.20. The second-order valence-electron chi connectivity index (χ2n) is 12.6. The summed E-state index contributed by atoms with van der Waals surface area (Å²) < 4.78 is 5.45. The van der Waals surface area contributed by atoms with Crippen molar-refractivity contribution >= 4 is 40.9 Å². The number of primary amides is 1. The van der Waals surface area contributed by atoms with Crippen molar-refractivity contribution < 1.29 is 28.7 Å². The SMILES string of the molecule is CCc1ccccc1.Cc1cccs1.NC(=O)[C@@H]1Cc2ccc(cc2)OCC(=O)NCC(=O)N[C@H](Cc2ccc(-c3ccccc3)cc2)C(=O)NCC(=O)N1. The van der Waals surface area contributed by atoms with Gasteiger partial charge in [0.25, 0.3) is 5.91 Å². The molecule has 0 spiro atoms. The Kier molecular flexibility index (Phi) is 16.6. The first-order valence-corrected chi connectivity index (χ1v) is 18.8. The van der Waals surface area contributed by atoms with Crippen molar-refractivity contribution in [1.82, 2.24) is 21.3 Å². The molecule has 6 N–H and O–H groups in total. The van der Waals surface area contributed by atoms with Gasteiger partial charge in [0.15, 0.2) is 6.61 Å². The van der Waals surface area contributed by atoms with Crippen LogP contribution in [0.4, 0.5) is 0 Å². The van der Waals surface area contributed by atoms with Gasteiger partial charge in [-0.1, -0.05) is 110 Å². The van der Waals surface area contributed by atoms with Gasteiger partial charge in [0.2, 0.25) is 23.6 Å². The lowest BCUT2D eigenvalue weighted by molar-refractivity contribution is -0.131. The van der Waals surface area contributed by atoms with Gasteiger partial charge in [-0.3, -0.25) is 24.0 Å². The molecule has 55 heavy (non-hydrogen) atoms. The average Bonchev–Trinajstić information content (AvgIpc) is 3.70. The maximum absolute atomic E-state index is 13.1. The molecule has 11 nitrogen and oxygen atoms in total. The van der Waals surface area contributed by atoms with E-state index in [2.05, 4.69) is 76.9 Å². The molecule has 2 aliphatic rings. The molecule has 5 aromatic rings. The molecule has 1 aromatic heterocycles. The van der Waals surface area contributed by atoms with E-state index in [0.717, 1.165) is 23.1 Å². The van der Waals surface area contributed by atoms with Crippen molar-refractivity contribution in [1.29, 1.82) is 0 Å². The van der Waals surface area contributed by atoms with Crippen LogP contribution in [0.3, 0.4) is 0 Å². The standard InChI is InChI=1S/C30H31N5O6.C8H10.C5H6S/c31-29(39)24-14-20-8-12-23(13-9-20)41-18-28(38)32-16-26(36)35-25(30(40)33-17-27(37)34-24)15-19-6-10-22(11-7-19)21-4-2-1-3-5-21;1-2-8-6-4-3-5-7-8;1-5-3-2-4-6-5/h1-13,24-25H,14-18H2,(H2,31,39)(H,32,38)(H,33,40)(H,34,37)(H,35,36);3-7H,2H2,1H3;2-4H,1H3/t24-,25+;;/m0../s1. The van der Waals surface area contributed by atoms with Crippen LogP contribution in [0.25, 0.3) is 11.1 Å². The molecule has 0 unspecified atom stereocenters. The zero-order chi connectivity index (χ0) is 39.4. The first kappa shape index (κ1) is 41.5. The van der Waals surface area contributed by atoms with Crippen LogP contribution in [0, 0.1) is 6.92 Å². The number of nitrogens with two attached hydrogens (primary N) is 1. The summed E-state index contributed by atoms with van der Waals surface area (Å²) in [5.41, 5.74) is 10.4. The quantitative estimate of drug-likeness (QED) is 0.165. The fraction of sp³-hybridized carbons (Fsp3) is 0.233. The number of rotatable bonds is 5. The molecule has 286 valence electrons. The van der Waals surface area contributed by atoms with Crippen LogP contribution in [-0.4, -0.2) is 61.3 Å². The largest absolute Gasteiger partial charge is 0.484 e. The number of ether oxygens (including phenoxy) is 1. The Morgan fingerprint density at radius 3 is 1.89 bits per heavy atom. The summed E-state index contributed by atoms with van der Waals surface area (Å²) >= 11 is 1.78. The summed E-state index contributed by atoms with van der Waals surface area (Å²) in [7, 11) is 0. The molecule has 7 rings (SSSR count). The van der Waals surface area contributed by atoms with Crippen LogP contribution in [-0.2, 0) is 43.2 Å². The van der Waals surface area contributed by atoms with Gasteiger partial charge in [0.1, 0.15) is 17.8 Å². The van der Waals surface area contributed by atoms with Gasteiger partial charge in [-0.15, -0.1) is 11.3 Å². The van der Waals surface area contributed by atoms with Crippen LogP contribution in [0.1, 0.15) is 28.5 Å². The number of benzene rings is 4. The number of carbonyl (C=O) groups excluding carboxylic acids is 5. The average molecular weight is 762 g/mol. The normalized spacial score (nSPS) is 16.3. The Morgan fingerprint density at radius 2 is 1.33 bits per heavy atom. The predicted molar refractivity (Wildman–Crippen MR) is 215 cm³/mol. The Bertz CT molecular complexity index is 1950. The van der Waals surface area contributed by atoms with Gasteiger partial charge >= 0.3 is 0 Å². The number of hydrogen-bond donors (Lipinski definition) is 5. The van der Waals surface area contributed by atoms with Crippen LogP contribution >= 0.6 is 11.3 Å². The van der Waals surface area contributed by atoms with Gasteiger partial charge in [-0.25, -0.2) is 0 Å². The van der Waals surface area contributed by atoms with Crippen LogP contribution in [0.15, 0.2) is 127 Å². The summed E-state index contributed by atoms with van der Waals surface area (Å²) in [6.07, 6.45) is 1.39. The molecule has 12 heteroatoms. The smallest absolute Gasteiger partial charge is 0.258 e. The van der Waals surface area contributed by atoms with E-state index >= 15 is 0 Å². The lowest BCUT2D eigenvalue weighted by Crippen LogP contribution is -2.53. The first-order valence-electron chi connectivity index (χ1n) is 17.9. The monoisotopic (exact) mass is 761 g/mol. The van der Waals surface area contributed by atoms with Crippen molar-refractivity contribution in [3.05, 3.63) is 148 Å². The highest BCUT2D eigenvalue weighted by molar-refractivity contribution is 7.09. The number of thiophene rings is 1. The van der Waals surface area contributed by atoms with Crippen molar-refractivity contribution in [2.24, 2.45) is 5.73 Å². The van der Waals surface area contributed by atoms with Gasteiger partial charge in [-0.2, -0.15) is 0 Å². The molecule has 2 aliphatic heterocycles. The minimum absolute atomic E-state index is 0.118. The van der Waals surface area contributed by atoms with Crippen LogP contribution in [0.5, 0.6) is 5.75 Å². The van der Waals surface area contributed by atoms with Crippen LogP contribution < -0.4 is 31.7 Å². The molecule has 2 atom stereocenters. The van der Waals surface area contributed by atoms with E-state index < -0.39 is 48.2 Å². The number of aryl methyl sites for hydroxylation is 2. The van der Waals surface area contributed by atoms with Crippen molar-refractivity contribution in [3.63, 3.8) is 0 Å². The van der Waals surface area contributed by atoms with E-state index in [1.165, 1.54) is 10.4 Å². The van der Waals surface area contributed by atoms with E-state index in [-0.39, 0.29) is 26.0 Å². The minimum Gasteiger partial charge on any atom is -0.484 e. The molecule has 0 aliphatic carbocycles. The van der Waals surface area contributed by atoms with E-state index in [1.54, 1.807) is 35.6 Å². The van der Waals surface area contributed by atoms with Gasteiger partial charge in [0, 0.05) is 17.7 Å². The molecule has 2 bridgehead atoms. The third-order valence-electron chi connectivity index (χ3n) is 8.35. The summed E-state index contributed by atoms with van der Waals surface area (Å²) in [5.74, 6) is -2.69. The van der Waals surface area contributed by atoms with Gasteiger partial charge in [0.05, 0.1) is 13.1 Å². The Labute approximate surface area is 325 Å². The number of hydrogen-bond acceptors (Lipinski definition) is 7. The maximum Gasteiger partial charge on any atom is 0.258 e. The summed E-state index contributed by atoms with van der Waals surface area (Å²) in [5, 5.41) is 12.2. The molecule has 0 saturated heterocycles. The second-order valence-corrected chi connectivity index (χ2v) is 13.8. The summed E-state index contributed by atoms with van der Waals surface area (Å²) in [6, 6.07) is 36.4. The van der Waals surface area contributed by atoms with E-state index in [1.807, 2.05) is 60.7 Å². The summed E-state index contributed by atoms with van der Waals surface area (Å²) in [4.78, 5) is 63.9. The van der Waals surface area contributed by atoms with Crippen molar-refractivity contribution in [2.45, 2.75) is 45.2 Å². The maximum atomic E-state index is 13.1. The Morgan fingerprint density at radius 1 is 0.709 bits per heavy atom. The highest BCUT2D eigenvalue weighted by Gasteiger charge is 2.24. The highest BCUT2D eigenvalue weighted by atomic mass is 32.1. The molecule has 0 fully saturated rings. The number of nitrogens with one attached hydrogen (secondary N) is 4. The Balaban J connectivity index is 0.000000399. The third kappa shape index (κ3) is 14.9. The lowest BCUT2D eigenvalue weighted by Gasteiger charge is -2.20. The number of carbonyl (C=O) groups is 5. The summed E-state index contributed by atoms with van der Waals surface area (Å²) in [6.45, 7) is 3.12. The Hall–Kier alpha value is -6.27. The molecule has 3 heterocycles. The molecule has 0 saturated carbocycles. The topological polar surface area (TPSA) is 169 Å². The zero-order valence-corrected chi connectivity index (χ0v) is 31.8. The molecular weight excluding hydrogens is 715 g/mol. The van der Waals surface area contributed by atoms with Crippen molar-refractivity contribution in [3.8, 4) is 16.9 Å². The minimum atomic E-state index is -1.05.